The summed E-state index contributed by atoms with van der Waals surface area (Å²) in [5.74, 6) is -2.21. The van der Waals surface area contributed by atoms with Gasteiger partial charge in [0.2, 0.25) is 5.83 Å². The molecule has 2 aromatic rings. The van der Waals surface area contributed by atoms with Crippen LogP contribution in [0.25, 0.3) is 0 Å². The van der Waals surface area contributed by atoms with E-state index in [1.54, 1.807) is 18.2 Å². The average molecular weight is 481 g/mol. The molecule has 2 aromatic carbocycles. The monoisotopic (exact) mass is 480 g/mol. The van der Waals surface area contributed by atoms with Crippen LogP contribution in [0.3, 0.4) is 0 Å². The maximum Gasteiger partial charge on any atom is 0.368 e. The first-order chi connectivity index (χ1) is 15.4. The van der Waals surface area contributed by atoms with Crippen molar-refractivity contribution in [2.45, 2.75) is 48.9 Å². The highest BCUT2D eigenvalue weighted by Crippen LogP contribution is 2.44. The summed E-state index contributed by atoms with van der Waals surface area (Å²) in [5, 5.41) is 8.77. The lowest BCUT2D eigenvalue weighted by molar-refractivity contribution is -0.134. The van der Waals surface area contributed by atoms with Gasteiger partial charge in [-0.25, -0.2) is 9.18 Å². The lowest BCUT2D eigenvalue weighted by atomic mass is 10.1. The molecule has 5 nitrogen and oxygen atoms in total. The molecule has 0 bridgehead atoms. The third-order valence-corrected chi connectivity index (χ3v) is 6.81. The minimum Gasteiger partial charge on any atom is -0.476 e. The fourth-order valence-corrected chi connectivity index (χ4v) is 5.00. The number of aliphatic carboxylic acids is 1. The number of halogens is 2. The van der Waals surface area contributed by atoms with Gasteiger partial charge in [0.1, 0.15) is 17.8 Å². The van der Waals surface area contributed by atoms with Gasteiger partial charge in [0, 0.05) is 18.3 Å². The van der Waals surface area contributed by atoms with Crippen molar-refractivity contribution >= 4 is 41.1 Å². The van der Waals surface area contributed by atoms with Crippen molar-refractivity contribution in [3.63, 3.8) is 0 Å². The van der Waals surface area contributed by atoms with Crippen molar-refractivity contribution in [3.05, 3.63) is 54.3 Å². The molecule has 3 rings (SSSR count). The average Bonchev–Trinajstić information content (AvgIpc) is 2.95. The van der Waals surface area contributed by atoms with Crippen LogP contribution in [0.1, 0.15) is 33.1 Å². The molecule has 9 heteroatoms. The van der Waals surface area contributed by atoms with E-state index in [0.717, 1.165) is 46.2 Å². The molecule has 1 aliphatic heterocycles. The van der Waals surface area contributed by atoms with Gasteiger partial charge in [-0.2, -0.15) is 4.39 Å². The van der Waals surface area contributed by atoms with Crippen LogP contribution in [0, 0.1) is 5.82 Å². The molecular weight excluding hydrogens is 454 g/mol. The molecule has 0 amide bonds. The Morgan fingerprint density at radius 3 is 2.75 bits per heavy atom. The Hall–Kier alpha value is -2.23. The van der Waals surface area contributed by atoms with Crippen LogP contribution in [0.4, 0.5) is 20.2 Å². The SMILES string of the molecule is CCCCC1CN(c2ccc(F)cc2)c2cc(SCC)c(O/C=C(\F)C(=O)O)cc2SN1. The zero-order valence-corrected chi connectivity index (χ0v) is 19.6. The lowest BCUT2D eigenvalue weighted by Crippen LogP contribution is -2.34. The number of ether oxygens (including phenoxy) is 1. The Morgan fingerprint density at radius 1 is 1.34 bits per heavy atom. The first-order valence-corrected chi connectivity index (χ1v) is 12.2. The van der Waals surface area contributed by atoms with Crippen LogP contribution in [-0.2, 0) is 4.79 Å². The van der Waals surface area contributed by atoms with E-state index in [1.807, 2.05) is 13.0 Å². The molecule has 0 aliphatic carbocycles. The van der Waals surface area contributed by atoms with Gasteiger partial charge in [-0.15, -0.1) is 11.8 Å². The fraction of sp³-hybridized carbons (Fsp3) is 0.348. The molecule has 0 spiro atoms. The van der Waals surface area contributed by atoms with Crippen molar-refractivity contribution in [2.75, 3.05) is 17.2 Å². The molecule has 0 radical (unpaired) electrons. The molecule has 32 heavy (non-hydrogen) atoms. The third-order valence-electron chi connectivity index (χ3n) is 4.89. The number of fused-ring (bicyclic) bond motifs is 1. The van der Waals surface area contributed by atoms with Crippen LogP contribution in [0.15, 0.2) is 58.3 Å². The smallest absolute Gasteiger partial charge is 0.368 e. The number of nitrogens with zero attached hydrogens (tertiary/aromatic N) is 1. The van der Waals surface area contributed by atoms with E-state index >= 15 is 0 Å². The second-order valence-corrected chi connectivity index (χ2v) is 9.42. The van der Waals surface area contributed by atoms with E-state index < -0.39 is 11.8 Å². The van der Waals surface area contributed by atoms with Crippen LogP contribution in [-0.4, -0.2) is 29.4 Å². The Morgan fingerprint density at radius 2 is 2.09 bits per heavy atom. The van der Waals surface area contributed by atoms with Crippen LogP contribution < -0.4 is 14.4 Å². The molecular formula is C23H26F2N2O3S2. The van der Waals surface area contributed by atoms with Crippen LogP contribution in [0.5, 0.6) is 5.75 Å². The summed E-state index contributed by atoms with van der Waals surface area (Å²) in [6.07, 6.45) is 3.77. The normalized spacial score (nSPS) is 16.4. The highest BCUT2D eigenvalue weighted by Gasteiger charge is 2.25. The van der Waals surface area contributed by atoms with Gasteiger partial charge in [-0.1, -0.05) is 26.7 Å². The van der Waals surface area contributed by atoms with E-state index in [1.165, 1.54) is 35.8 Å². The first kappa shape index (κ1) is 24.4. The van der Waals surface area contributed by atoms with E-state index in [9.17, 15) is 13.6 Å². The summed E-state index contributed by atoms with van der Waals surface area (Å²) >= 11 is 2.98. The lowest BCUT2D eigenvalue weighted by Gasteiger charge is -2.28. The summed E-state index contributed by atoms with van der Waals surface area (Å²) in [7, 11) is 0. The number of carbonyl (C=O) groups is 1. The van der Waals surface area contributed by atoms with Crippen molar-refractivity contribution < 1.29 is 23.4 Å². The van der Waals surface area contributed by atoms with Gasteiger partial charge in [0.15, 0.2) is 0 Å². The molecule has 172 valence electrons. The predicted octanol–water partition coefficient (Wildman–Crippen LogP) is 6.52. The van der Waals surface area contributed by atoms with Gasteiger partial charge < -0.3 is 14.7 Å². The minimum absolute atomic E-state index is 0.202. The number of carboxylic acid groups (broad SMARTS) is 1. The molecule has 1 atom stereocenters. The summed E-state index contributed by atoms with van der Waals surface area (Å²) in [6.45, 7) is 4.84. The van der Waals surface area contributed by atoms with Crippen molar-refractivity contribution in [3.8, 4) is 5.75 Å². The highest BCUT2D eigenvalue weighted by molar-refractivity contribution is 7.99. The zero-order valence-electron chi connectivity index (χ0n) is 17.9. The standard InChI is InChI=1S/C23H26F2N2O3S2/c1-3-5-6-16-13-27(17-9-7-15(24)8-10-17)19-11-22(31-4-2)20(12-21(19)32-26-16)30-14-18(25)23(28)29/h7-12,14,16,26H,3-6,13H2,1-2H3,(H,28,29)/b18-14-. The summed E-state index contributed by atoms with van der Waals surface area (Å²) < 4.78 is 36.0. The number of hydrogen-bond donors (Lipinski definition) is 2. The number of unbranched alkanes of at least 4 members (excludes halogenated alkanes) is 1. The number of anilines is 2. The second-order valence-electron chi connectivity index (χ2n) is 7.23. The second kappa shape index (κ2) is 11.6. The molecule has 0 saturated heterocycles. The topological polar surface area (TPSA) is 61.8 Å². The number of thioether (sulfide) groups is 1. The molecule has 1 heterocycles. The Bertz CT molecular complexity index is 970. The number of carboxylic acids is 1. The summed E-state index contributed by atoms with van der Waals surface area (Å²) in [4.78, 5) is 14.6. The highest BCUT2D eigenvalue weighted by atomic mass is 32.2. The Kier molecular flexibility index (Phi) is 8.84. The number of benzene rings is 2. The molecule has 0 fully saturated rings. The quantitative estimate of drug-likeness (QED) is 0.183. The Balaban J connectivity index is 2.04. The molecule has 0 aromatic heterocycles. The molecule has 1 aliphatic rings. The summed E-state index contributed by atoms with van der Waals surface area (Å²) in [6, 6.07) is 10.4. The number of rotatable bonds is 9. The van der Waals surface area contributed by atoms with Crippen molar-refractivity contribution in [1.29, 1.82) is 0 Å². The van der Waals surface area contributed by atoms with Crippen molar-refractivity contribution in [2.24, 2.45) is 0 Å². The van der Waals surface area contributed by atoms with E-state index in [-0.39, 0.29) is 11.9 Å². The molecule has 1 unspecified atom stereocenters. The van der Waals surface area contributed by atoms with Gasteiger partial charge in [-0.3, -0.25) is 4.72 Å². The maximum atomic E-state index is 13.6. The number of hydrogen-bond acceptors (Lipinski definition) is 6. The van der Waals surface area contributed by atoms with Crippen LogP contribution >= 0.6 is 23.7 Å². The van der Waals surface area contributed by atoms with E-state index in [0.29, 0.717) is 18.6 Å². The largest absolute Gasteiger partial charge is 0.476 e. The third kappa shape index (κ3) is 6.17. The Labute approximate surface area is 195 Å². The maximum absolute atomic E-state index is 13.6. The molecule has 0 saturated carbocycles. The van der Waals surface area contributed by atoms with Crippen molar-refractivity contribution in [1.82, 2.24) is 4.72 Å². The number of nitrogens with one attached hydrogen (secondary N) is 1. The zero-order chi connectivity index (χ0) is 23.1. The minimum atomic E-state index is -1.68. The first-order valence-electron chi connectivity index (χ1n) is 10.4. The van der Waals surface area contributed by atoms with Gasteiger partial charge in [0.25, 0.3) is 0 Å². The predicted molar refractivity (Wildman–Crippen MR) is 126 cm³/mol. The molecule has 2 N–H and O–H groups in total. The van der Waals surface area contributed by atoms with Gasteiger partial charge in [0.05, 0.1) is 15.5 Å². The van der Waals surface area contributed by atoms with Crippen LogP contribution in [0.2, 0.25) is 0 Å². The van der Waals surface area contributed by atoms with E-state index in [2.05, 4.69) is 16.5 Å². The van der Waals surface area contributed by atoms with E-state index in [4.69, 9.17) is 9.84 Å². The van der Waals surface area contributed by atoms with Gasteiger partial charge >= 0.3 is 5.97 Å². The summed E-state index contributed by atoms with van der Waals surface area (Å²) in [5.41, 5.74) is 1.80. The fourth-order valence-electron chi connectivity index (χ4n) is 3.32. The van der Waals surface area contributed by atoms with Gasteiger partial charge in [-0.05, 0) is 60.5 Å².